The van der Waals surface area contributed by atoms with Gasteiger partial charge in [-0.15, -0.1) is 10.2 Å². The molecular formula is C18H15N3O6. The van der Waals surface area contributed by atoms with Crippen molar-refractivity contribution in [3.63, 3.8) is 0 Å². The summed E-state index contributed by atoms with van der Waals surface area (Å²) in [7, 11) is 0. The van der Waals surface area contributed by atoms with Crippen molar-refractivity contribution in [1.82, 2.24) is 0 Å². The molecular weight excluding hydrogens is 354 g/mol. The summed E-state index contributed by atoms with van der Waals surface area (Å²) in [4.78, 5) is 34.3. The van der Waals surface area contributed by atoms with Crippen molar-refractivity contribution in [2.24, 2.45) is 10.2 Å². The van der Waals surface area contributed by atoms with Gasteiger partial charge in [-0.1, -0.05) is 12.1 Å². The van der Waals surface area contributed by atoms with E-state index in [9.17, 15) is 19.5 Å². The number of hydrogen-bond donors (Lipinski definition) is 4. The largest absolute Gasteiger partial charge is 0.510 e. The van der Waals surface area contributed by atoms with Gasteiger partial charge in [-0.05, 0) is 43.3 Å². The topological polar surface area (TPSA) is 149 Å². The minimum Gasteiger partial charge on any atom is -0.510 e. The Morgan fingerprint density at radius 3 is 2.07 bits per heavy atom. The average molecular weight is 369 g/mol. The van der Waals surface area contributed by atoms with Crippen LogP contribution in [-0.2, 0) is 4.79 Å². The highest BCUT2D eigenvalue weighted by atomic mass is 16.4. The average Bonchev–Trinajstić information content (AvgIpc) is 2.62. The standard InChI is InChI=1S/C18H15N3O6/c1-10(22)15(21-20-14-5-3-2-4-13(14)18(26)27)16(23)19-12-8-6-11(7-9-12)17(24)25/h2-9,22H,1H3,(H,19,23)(H,24,25)(H,26,27). The molecule has 0 spiro atoms. The normalized spacial score (nSPS) is 11.7. The third kappa shape index (κ3) is 4.98. The van der Waals surface area contributed by atoms with Gasteiger partial charge in [-0.2, -0.15) is 0 Å². The lowest BCUT2D eigenvalue weighted by Gasteiger charge is -2.06. The Kier molecular flexibility index (Phi) is 6.00. The quantitative estimate of drug-likeness (QED) is 0.347. The highest BCUT2D eigenvalue weighted by Crippen LogP contribution is 2.21. The van der Waals surface area contributed by atoms with Crippen molar-refractivity contribution in [3.05, 3.63) is 71.1 Å². The number of carboxylic acids is 2. The molecule has 0 radical (unpaired) electrons. The van der Waals surface area contributed by atoms with Crippen molar-refractivity contribution in [1.29, 1.82) is 0 Å². The van der Waals surface area contributed by atoms with Crippen LogP contribution in [0.1, 0.15) is 27.6 Å². The summed E-state index contributed by atoms with van der Waals surface area (Å²) < 4.78 is 0. The fourth-order valence-electron chi connectivity index (χ4n) is 2.01. The Morgan fingerprint density at radius 1 is 0.889 bits per heavy atom. The van der Waals surface area contributed by atoms with Crippen molar-refractivity contribution < 1.29 is 29.7 Å². The van der Waals surface area contributed by atoms with Crippen LogP contribution < -0.4 is 5.32 Å². The zero-order valence-electron chi connectivity index (χ0n) is 14.1. The molecule has 0 aromatic heterocycles. The number of nitrogens with one attached hydrogen (secondary N) is 1. The van der Waals surface area contributed by atoms with Gasteiger partial charge in [0, 0.05) is 5.69 Å². The zero-order valence-corrected chi connectivity index (χ0v) is 14.1. The van der Waals surface area contributed by atoms with Crippen molar-refractivity contribution in [3.8, 4) is 0 Å². The molecule has 0 aliphatic heterocycles. The minimum atomic E-state index is -1.21. The van der Waals surface area contributed by atoms with Gasteiger partial charge in [0.05, 0.1) is 11.1 Å². The number of allylic oxidation sites excluding steroid dienone is 1. The number of aromatic carboxylic acids is 2. The number of carboxylic acid groups (broad SMARTS) is 2. The Labute approximate surface area is 153 Å². The molecule has 0 heterocycles. The number of carbonyl (C=O) groups excluding carboxylic acids is 1. The molecule has 27 heavy (non-hydrogen) atoms. The molecule has 0 saturated heterocycles. The first-order valence-electron chi connectivity index (χ1n) is 7.58. The highest BCUT2D eigenvalue weighted by molar-refractivity contribution is 6.04. The molecule has 0 fully saturated rings. The second-order valence-electron chi connectivity index (χ2n) is 5.29. The van der Waals surface area contributed by atoms with Crippen LogP contribution in [0.15, 0.2) is 70.2 Å². The number of nitrogens with zero attached hydrogens (tertiary/aromatic N) is 2. The van der Waals surface area contributed by atoms with Gasteiger partial charge in [-0.3, -0.25) is 4.79 Å². The number of azo groups is 1. The van der Waals surface area contributed by atoms with Gasteiger partial charge in [0.2, 0.25) is 0 Å². The van der Waals surface area contributed by atoms with Gasteiger partial charge >= 0.3 is 11.9 Å². The molecule has 2 aromatic carbocycles. The predicted molar refractivity (Wildman–Crippen MR) is 95.3 cm³/mol. The summed E-state index contributed by atoms with van der Waals surface area (Å²) in [5.74, 6) is -3.54. The molecule has 1 amide bonds. The van der Waals surface area contributed by atoms with E-state index in [1.807, 2.05) is 0 Å². The second-order valence-corrected chi connectivity index (χ2v) is 5.29. The number of aliphatic hydroxyl groups is 1. The van der Waals surface area contributed by atoms with E-state index in [-0.39, 0.29) is 22.5 Å². The Hall–Kier alpha value is -4.01. The lowest BCUT2D eigenvalue weighted by Crippen LogP contribution is -2.14. The van der Waals surface area contributed by atoms with Gasteiger partial charge in [0.15, 0.2) is 5.70 Å². The monoisotopic (exact) mass is 369 g/mol. The molecule has 4 N–H and O–H groups in total. The number of carbonyl (C=O) groups is 3. The summed E-state index contributed by atoms with van der Waals surface area (Å²) in [6.45, 7) is 1.23. The molecule has 0 aliphatic carbocycles. The second kappa shape index (κ2) is 8.39. The van der Waals surface area contributed by atoms with Gasteiger partial charge in [0.1, 0.15) is 11.4 Å². The van der Waals surface area contributed by atoms with E-state index in [0.717, 1.165) is 0 Å². The lowest BCUT2D eigenvalue weighted by atomic mass is 10.2. The van der Waals surface area contributed by atoms with Crippen LogP contribution in [-0.4, -0.2) is 33.2 Å². The summed E-state index contributed by atoms with van der Waals surface area (Å²) in [6.07, 6.45) is 0. The van der Waals surface area contributed by atoms with Crippen molar-refractivity contribution >= 4 is 29.2 Å². The van der Waals surface area contributed by atoms with E-state index in [4.69, 9.17) is 10.2 Å². The Balaban J connectivity index is 2.23. The van der Waals surface area contributed by atoms with Crippen LogP contribution in [0.3, 0.4) is 0 Å². The molecule has 2 aromatic rings. The van der Waals surface area contributed by atoms with Gasteiger partial charge < -0.3 is 20.6 Å². The highest BCUT2D eigenvalue weighted by Gasteiger charge is 2.15. The Bertz CT molecular complexity index is 944. The van der Waals surface area contributed by atoms with Crippen LogP contribution in [0.5, 0.6) is 0 Å². The maximum Gasteiger partial charge on any atom is 0.337 e. The first-order valence-corrected chi connectivity index (χ1v) is 7.58. The smallest absolute Gasteiger partial charge is 0.337 e. The third-order valence-electron chi connectivity index (χ3n) is 3.34. The molecule has 2 rings (SSSR count). The van der Waals surface area contributed by atoms with E-state index in [2.05, 4.69) is 15.5 Å². The molecule has 0 unspecified atom stereocenters. The first kappa shape index (κ1) is 19.3. The van der Waals surface area contributed by atoms with Crippen LogP contribution in [0.25, 0.3) is 0 Å². The maximum absolute atomic E-state index is 12.3. The molecule has 0 saturated carbocycles. The van der Waals surface area contributed by atoms with E-state index < -0.39 is 29.3 Å². The van der Waals surface area contributed by atoms with Gasteiger partial charge in [0.25, 0.3) is 5.91 Å². The van der Waals surface area contributed by atoms with E-state index in [1.165, 1.54) is 49.4 Å². The lowest BCUT2D eigenvalue weighted by molar-refractivity contribution is -0.113. The molecule has 9 nitrogen and oxygen atoms in total. The Morgan fingerprint density at radius 2 is 1.52 bits per heavy atom. The van der Waals surface area contributed by atoms with Crippen LogP contribution in [0.2, 0.25) is 0 Å². The molecule has 138 valence electrons. The minimum absolute atomic E-state index is 0.0161. The summed E-state index contributed by atoms with van der Waals surface area (Å²) in [5.41, 5.74) is -0.183. The number of amides is 1. The van der Waals surface area contributed by atoms with Crippen LogP contribution >= 0.6 is 0 Å². The number of anilines is 1. The predicted octanol–water partition coefficient (Wildman–Crippen LogP) is 3.59. The number of benzene rings is 2. The fraction of sp³-hybridized carbons (Fsp3) is 0.0556. The number of aliphatic hydroxyl groups excluding tert-OH is 1. The van der Waals surface area contributed by atoms with Crippen LogP contribution in [0, 0.1) is 0 Å². The van der Waals surface area contributed by atoms with Crippen LogP contribution in [0.4, 0.5) is 11.4 Å². The first-order chi connectivity index (χ1) is 12.8. The SMILES string of the molecule is CC(O)=C(N=Nc1ccccc1C(=O)O)C(=O)Nc1ccc(C(=O)O)cc1. The van der Waals surface area contributed by atoms with E-state index in [0.29, 0.717) is 0 Å². The van der Waals surface area contributed by atoms with Crippen molar-refractivity contribution in [2.45, 2.75) is 6.92 Å². The van der Waals surface area contributed by atoms with E-state index in [1.54, 1.807) is 6.07 Å². The molecule has 0 aliphatic rings. The number of rotatable bonds is 6. The molecule has 0 atom stereocenters. The van der Waals surface area contributed by atoms with Crippen molar-refractivity contribution in [2.75, 3.05) is 5.32 Å². The number of hydrogen-bond acceptors (Lipinski definition) is 6. The fourth-order valence-corrected chi connectivity index (χ4v) is 2.01. The van der Waals surface area contributed by atoms with E-state index >= 15 is 0 Å². The van der Waals surface area contributed by atoms with Gasteiger partial charge in [-0.25, -0.2) is 9.59 Å². The summed E-state index contributed by atoms with van der Waals surface area (Å²) in [5, 5.41) is 37.5. The zero-order chi connectivity index (χ0) is 20.0. The third-order valence-corrected chi connectivity index (χ3v) is 3.34. The summed E-state index contributed by atoms with van der Waals surface area (Å²) >= 11 is 0. The summed E-state index contributed by atoms with van der Waals surface area (Å²) in [6, 6.07) is 11.2. The molecule has 9 heteroatoms. The maximum atomic E-state index is 12.3. The molecule has 0 bridgehead atoms.